The van der Waals surface area contributed by atoms with Crippen molar-refractivity contribution in [2.75, 3.05) is 7.11 Å². The third kappa shape index (κ3) is 4.32. The van der Waals surface area contributed by atoms with Gasteiger partial charge in [-0.25, -0.2) is 4.79 Å². The van der Waals surface area contributed by atoms with Crippen LogP contribution >= 0.6 is 11.6 Å². The Morgan fingerprint density at radius 2 is 1.74 bits per heavy atom. The summed E-state index contributed by atoms with van der Waals surface area (Å²) in [5, 5.41) is 0.627. The minimum absolute atomic E-state index is 0.169. The lowest BCUT2D eigenvalue weighted by Crippen LogP contribution is -2.02. The summed E-state index contributed by atoms with van der Waals surface area (Å²) >= 11 is 5.92. The Balaban J connectivity index is 1.50. The molecule has 0 spiro atoms. The molecule has 0 atom stereocenters. The molecular weight excluding hydrogens is 416 g/mol. The fourth-order valence-corrected chi connectivity index (χ4v) is 3.38. The van der Waals surface area contributed by atoms with Crippen molar-refractivity contribution in [1.29, 1.82) is 0 Å². The fourth-order valence-electron chi connectivity index (χ4n) is 3.25. The topological polar surface area (TPSA) is 61.8 Å². The van der Waals surface area contributed by atoms with Crippen LogP contribution in [-0.4, -0.2) is 18.9 Å². The second kappa shape index (κ2) is 8.66. The zero-order valence-corrected chi connectivity index (χ0v) is 17.7. The fraction of sp³-hybridized carbons (Fsp3) is 0.120. The molecule has 0 amide bonds. The van der Waals surface area contributed by atoms with Crippen LogP contribution in [0.5, 0.6) is 11.5 Å². The molecule has 156 valence electrons. The standard InChI is InChI=1S/C25H19ClO5/c1-15-21(30-14-17-3-7-18(8-4-17)25(28)29-2)12-11-20-23(27)22(31-24(15)20)13-16-5-9-19(26)10-6-16/h3-13H,14H2,1-2H3/b22-13-. The van der Waals surface area contributed by atoms with Crippen molar-refractivity contribution < 1.29 is 23.8 Å². The van der Waals surface area contributed by atoms with E-state index in [9.17, 15) is 9.59 Å². The number of esters is 1. The molecule has 0 saturated heterocycles. The molecule has 0 N–H and O–H groups in total. The number of hydrogen-bond donors (Lipinski definition) is 0. The lowest BCUT2D eigenvalue weighted by molar-refractivity contribution is 0.0600. The monoisotopic (exact) mass is 434 g/mol. The minimum atomic E-state index is -0.383. The molecule has 3 aromatic rings. The minimum Gasteiger partial charge on any atom is -0.488 e. The smallest absolute Gasteiger partial charge is 0.337 e. The summed E-state index contributed by atoms with van der Waals surface area (Å²) in [5.41, 5.74) is 3.45. The third-order valence-electron chi connectivity index (χ3n) is 4.97. The van der Waals surface area contributed by atoms with E-state index in [0.717, 1.165) is 16.7 Å². The van der Waals surface area contributed by atoms with E-state index in [0.29, 0.717) is 34.3 Å². The summed E-state index contributed by atoms with van der Waals surface area (Å²) < 4.78 is 16.5. The maximum atomic E-state index is 12.7. The lowest BCUT2D eigenvalue weighted by atomic mass is 10.1. The van der Waals surface area contributed by atoms with Gasteiger partial charge in [0.2, 0.25) is 5.78 Å². The van der Waals surface area contributed by atoms with Gasteiger partial charge >= 0.3 is 5.97 Å². The van der Waals surface area contributed by atoms with Gasteiger partial charge in [0.25, 0.3) is 0 Å². The van der Waals surface area contributed by atoms with Crippen LogP contribution in [0.15, 0.2) is 66.4 Å². The van der Waals surface area contributed by atoms with Crippen LogP contribution in [0.2, 0.25) is 5.02 Å². The highest BCUT2D eigenvalue weighted by atomic mass is 35.5. The lowest BCUT2D eigenvalue weighted by Gasteiger charge is -2.12. The van der Waals surface area contributed by atoms with E-state index < -0.39 is 0 Å². The van der Waals surface area contributed by atoms with Crippen molar-refractivity contribution in [2.45, 2.75) is 13.5 Å². The average Bonchev–Trinajstić information content (AvgIpc) is 3.11. The first kappa shape index (κ1) is 20.7. The molecule has 5 nitrogen and oxygen atoms in total. The third-order valence-corrected chi connectivity index (χ3v) is 5.23. The number of benzene rings is 3. The number of methoxy groups -OCH3 is 1. The normalized spacial score (nSPS) is 13.6. The molecule has 1 aliphatic heterocycles. The van der Waals surface area contributed by atoms with Crippen LogP contribution in [0.3, 0.4) is 0 Å². The summed E-state index contributed by atoms with van der Waals surface area (Å²) in [6.45, 7) is 2.16. The van der Waals surface area contributed by atoms with E-state index in [2.05, 4.69) is 0 Å². The maximum Gasteiger partial charge on any atom is 0.337 e. The van der Waals surface area contributed by atoms with Gasteiger partial charge in [-0.15, -0.1) is 0 Å². The largest absolute Gasteiger partial charge is 0.488 e. The zero-order valence-electron chi connectivity index (χ0n) is 17.0. The van der Waals surface area contributed by atoms with E-state index in [4.69, 9.17) is 25.8 Å². The Hall–Kier alpha value is -3.57. The molecule has 0 radical (unpaired) electrons. The first-order chi connectivity index (χ1) is 15.0. The van der Waals surface area contributed by atoms with Crippen molar-refractivity contribution in [3.8, 4) is 11.5 Å². The Morgan fingerprint density at radius 3 is 2.42 bits per heavy atom. The van der Waals surface area contributed by atoms with E-state index >= 15 is 0 Å². The number of carbonyl (C=O) groups excluding carboxylic acids is 2. The highest BCUT2D eigenvalue weighted by Crippen LogP contribution is 2.39. The van der Waals surface area contributed by atoms with Crippen molar-refractivity contribution >= 4 is 29.4 Å². The number of ether oxygens (including phenoxy) is 3. The molecule has 3 aromatic carbocycles. The quantitative estimate of drug-likeness (QED) is 0.384. The van der Waals surface area contributed by atoms with Gasteiger partial charge in [-0.1, -0.05) is 35.9 Å². The number of halogens is 1. The summed E-state index contributed by atoms with van der Waals surface area (Å²) in [6, 6.07) is 17.6. The van der Waals surface area contributed by atoms with Crippen LogP contribution in [-0.2, 0) is 11.3 Å². The van der Waals surface area contributed by atoms with Gasteiger partial charge in [0.05, 0.1) is 18.2 Å². The van der Waals surface area contributed by atoms with Crippen molar-refractivity contribution in [2.24, 2.45) is 0 Å². The molecule has 0 bridgehead atoms. The highest BCUT2D eigenvalue weighted by Gasteiger charge is 2.30. The molecule has 1 heterocycles. The second-order valence-corrected chi connectivity index (χ2v) is 7.47. The summed E-state index contributed by atoms with van der Waals surface area (Å²) in [4.78, 5) is 24.3. The van der Waals surface area contributed by atoms with E-state index in [1.54, 1.807) is 42.5 Å². The number of fused-ring (bicyclic) bond motifs is 1. The van der Waals surface area contributed by atoms with Crippen LogP contribution in [0.1, 0.15) is 37.4 Å². The molecule has 1 aliphatic rings. The first-order valence-electron chi connectivity index (χ1n) is 9.59. The van der Waals surface area contributed by atoms with Crippen molar-refractivity contribution in [3.63, 3.8) is 0 Å². The number of Topliss-reactive ketones (excluding diaryl/α,β-unsaturated/α-hetero) is 1. The summed E-state index contributed by atoms with van der Waals surface area (Å²) in [7, 11) is 1.35. The van der Waals surface area contributed by atoms with Crippen LogP contribution in [0.25, 0.3) is 6.08 Å². The van der Waals surface area contributed by atoms with Crippen LogP contribution in [0, 0.1) is 6.92 Å². The molecular formula is C25H19ClO5. The Morgan fingerprint density at radius 1 is 1.03 bits per heavy atom. The molecule has 0 unspecified atom stereocenters. The SMILES string of the molecule is COC(=O)c1ccc(COc2ccc3c(c2C)O/C(=C\c2ccc(Cl)cc2)C3=O)cc1. The molecule has 4 rings (SSSR count). The van der Waals surface area contributed by atoms with Crippen molar-refractivity contribution in [1.82, 2.24) is 0 Å². The van der Waals surface area contributed by atoms with Gasteiger partial charge in [0, 0.05) is 10.6 Å². The van der Waals surface area contributed by atoms with Gasteiger partial charge in [-0.2, -0.15) is 0 Å². The molecule has 31 heavy (non-hydrogen) atoms. The second-order valence-electron chi connectivity index (χ2n) is 7.03. The molecule has 0 aromatic heterocycles. The van der Waals surface area contributed by atoms with Gasteiger partial charge < -0.3 is 14.2 Å². The van der Waals surface area contributed by atoms with Crippen LogP contribution < -0.4 is 9.47 Å². The van der Waals surface area contributed by atoms with Gasteiger partial charge in [-0.3, -0.25) is 4.79 Å². The van der Waals surface area contributed by atoms with Gasteiger partial charge in [-0.05, 0) is 60.5 Å². The van der Waals surface area contributed by atoms with E-state index in [-0.39, 0.29) is 17.5 Å². The molecule has 0 fully saturated rings. The average molecular weight is 435 g/mol. The van der Waals surface area contributed by atoms with Gasteiger partial charge in [0.1, 0.15) is 18.1 Å². The summed E-state index contributed by atoms with van der Waals surface area (Å²) in [5.74, 6) is 0.834. The number of carbonyl (C=O) groups is 2. The molecule has 0 aliphatic carbocycles. The maximum absolute atomic E-state index is 12.7. The predicted molar refractivity (Wildman–Crippen MR) is 118 cm³/mol. The zero-order chi connectivity index (χ0) is 22.0. The highest BCUT2D eigenvalue weighted by molar-refractivity contribution is 6.30. The number of hydrogen-bond acceptors (Lipinski definition) is 5. The van der Waals surface area contributed by atoms with Crippen LogP contribution in [0.4, 0.5) is 0 Å². The van der Waals surface area contributed by atoms with Crippen molar-refractivity contribution in [3.05, 3.63) is 99.3 Å². The molecule has 6 heteroatoms. The molecule has 0 saturated carbocycles. The first-order valence-corrected chi connectivity index (χ1v) is 9.97. The predicted octanol–water partition coefficient (Wildman–Crippen LogP) is 5.63. The summed E-state index contributed by atoms with van der Waals surface area (Å²) in [6.07, 6.45) is 1.70. The Kier molecular flexibility index (Phi) is 5.78. The number of rotatable bonds is 5. The van der Waals surface area contributed by atoms with E-state index in [1.807, 2.05) is 31.2 Å². The number of allylic oxidation sites excluding steroid dienone is 1. The number of ketones is 1. The van der Waals surface area contributed by atoms with E-state index in [1.165, 1.54) is 7.11 Å². The van der Waals surface area contributed by atoms with Gasteiger partial charge in [0.15, 0.2) is 5.76 Å². The Labute approximate surface area is 184 Å². The Bertz CT molecular complexity index is 1180.